The number of carbonyl (C=O) groups is 2. The van der Waals surface area contributed by atoms with Gasteiger partial charge >= 0.3 is 5.97 Å². The molecule has 1 atom stereocenters. The van der Waals surface area contributed by atoms with Crippen molar-refractivity contribution in [1.29, 1.82) is 0 Å². The number of ether oxygens (including phenoxy) is 3. The Kier molecular flexibility index (Phi) is 7.08. The van der Waals surface area contributed by atoms with Crippen LogP contribution in [0.4, 0.5) is 5.69 Å². The van der Waals surface area contributed by atoms with Crippen LogP contribution >= 0.6 is 11.6 Å². The molecular weight excluding hydrogens is 454 g/mol. The van der Waals surface area contributed by atoms with Gasteiger partial charge in [-0.05, 0) is 79.1 Å². The largest absolute Gasteiger partial charge is 0.490 e. The lowest BCUT2D eigenvalue weighted by Crippen LogP contribution is -2.41. The molecule has 34 heavy (non-hydrogen) atoms. The third-order valence-electron chi connectivity index (χ3n) is 5.72. The third-order valence-corrected chi connectivity index (χ3v) is 5.97. The Labute approximate surface area is 204 Å². The van der Waals surface area contributed by atoms with Gasteiger partial charge in [0.15, 0.2) is 11.5 Å². The quantitative estimate of drug-likeness (QED) is 0.412. The van der Waals surface area contributed by atoms with Crippen LogP contribution in [-0.4, -0.2) is 32.2 Å². The summed E-state index contributed by atoms with van der Waals surface area (Å²) in [4.78, 5) is 27.1. The molecule has 1 unspecified atom stereocenters. The summed E-state index contributed by atoms with van der Waals surface area (Å²) in [5.74, 6) is 0.768. The number of rotatable bonds is 7. The number of amides is 1. The average molecular weight is 480 g/mol. The number of esters is 1. The zero-order chi connectivity index (χ0) is 24.2. The topological polar surface area (TPSA) is 65.1 Å². The molecule has 0 saturated carbocycles. The molecule has 0 aliphatic carbocycles. The van der Waals surface area contributed by atoms with Crippen molar-refractivity contribution in [2.45, 2.75) is 26.3 Å². The summed E-state index contributed by atoms with van der Waals surface area (Å²) in [6, 6.07) is 17.8. The van der Waals surface area contributed by atoms with Crippen molar-refractivity contribution in [1.82, 2.24) is 0 Å². The minimum Gasteiger partial charge on any atom is -0.490 e. The first-order valence-corrected chi connectivity index (χ1v) is 11.5. The lowest BCUT2D eigenvalue weighted by molar-refractivity contribution is -0.118. The van der Waals surface area contributed by atoms with E-state index in [2.05, 4.69) is 0 Å². The van der Waals surface area contributed by atoms with E-state index in [0.717, 1.165) is 16.7 Å². The van der Waals surface area contributed by atoms with Crippen LogP contribution in [0.5, 0.6) is 11.5 Å². The molecule has 3 aromatic carbocycles. The molecule has 7 heteroatoms. The van der Waals surface area contributed by atoms with Crippen LogP contribution in [0.25, 0.3) is 0 Å². The van der Waals surface area contributed by atoms with E-state index < -0.39 is 12.0 Å². The Balaban J connectivity index is 1.87. The van der Waals surface area contributed by atoms with Crippen LogP contribution in [0.15, 0.2) is 60.7 Å². The number of carbonyl (C=O) groups excluding carboxylic acids is 2. The van der Waals surface area contributed by atoms with Gasteiger partial charge in [0.05, 0.1) is 38.3 Å². The Morgan fingerprint density at radius 1 is 0.971 bits per heavy atom. The molecule has 1 heterocycles. The molecule has 176 valence electrons. The molecule has 0 radical (unpaired) electrons. The van der Waals surface area contributed by atoms with Crippen LogP contribution in [0.1, 0.15) is 46.9 Å². The first kappa shape index (κ1) is 23.6. The fraction of sp³-hybridized carbons (Fsp3) is 0.259. The highest BCUT2D eigenvalue weighted by atomic mass is 35.5. The molecule has 1 aliphatic heterocycles. The number of methoxy groups -OCH3 is 1. The lowest BCUT2D eigenvalue weighted by atomic mass is 9.86. The molecule has 0 aromatic heterocycles. The van der Waals surface area contributed by atoms with Crippen LogP contribution in [0.2, 0.25) is 5.02 Å². The summed E-state index contributed by atoms with van der Waals surface area (Å²) in [5.41, 5.74) is 3.83. The molecule has 4 rings (SSSR count). The standard InChI is InChI=1S/C27H26ClNO5/c1-4-33-23-14-19-15-25(30)29(21-12-8-18(9-13-21)27(31)32-3)26(17-6-10-20(28)11-7-17)22(19)16-24(23)34-5-2/h6-14,16,26H,4-5,15H2,1-3H3. The van der Waals surface area contributed by atoms with Gasteiger partial charge < -0.3 is 19.1 Å². The summed E-state index contributed by atoms with van der Waals surface area (Å²) in [6.45, 7) is 4.81. The van der Waals surface area contributed by atoms with E-state index in [1.165, 1.54) is 7.11 Å². The van der Waals surface area contributed by atoms with E-state index >= 15 is 0 Å². The second-order valence-corrected chi connectivity index (χ2v) is 8.23. The number of hydrogen-bond donors (Lipinski definition) is 0. The Bertz CT molecular complexity index is 1190. The lowest BCUT2D eigenvalue weighted by Gasteiger charge is -2.38. The third kappa shape index (κ3) is 4.59. The highest BCUT2D eigenvalue weighted by molar-refractivity contribution is 6.30. The van der Waals surface area contributed by atoms with Crippen molar-refractivity contribution < 1.29 is 23.8 Å². The normalized spacial score (nSPS) is 15.0. The van der Waals surface area contributed by atoms with Gasteiger partial charge in [-0.2, -0.15) is 0 Å². The Morgan fingerprint density at radius 3 is 2.18 bits per heavy atom. The highest BCUT2D eigenvalue weighted by Crippen LogP contribution is 2.43. The summed E-state index contributed by atoms with van der Waals surface area (Å²) in [5, 5.41) is 0.613. The molecule has 0 fully saturated rings. The van der Waals surface area contributed by atoms with Crippen LogP contribution in [-0.2, 0) is 16.0 Å². The Hall–Kier alpha value is -3.51. The van der Waals surface area contributed by atoms with Gasteiger partial charge in [0.1, 0.15) is 0 Å². The van der Waals surface area contributed by atoms with Crippen molar-refractivity contribution in [3.05, 3.63) is 87.9 Å². The number of benzene rings is 3. The first-order valence-electron chi connectivity index (χ1n) is 11.1. The molecule has 6 nitrogen and oxygen atoms in total. The van der Waals surface area contributed by atoms with Gasteiger partial charge in [0.25, 0.3) is 0 Å². The zero-order valence-electron chi connectivity index (χ0n) is 19.3. The van der Waals surface area contributed by atoms with E-state index in [0.29, 0.717) is 41.0 Å². The summed E-state index contributed by atoms with van der Waals surface area (Å²) < 4.78 is 16.5. The van der Waals surface area contributed by atoms with Gasteiger partial charge in [-0.15, -0.1) is 0 Å². The summed E-state index contributed by atoms with van der Waals surface area (Å²) >= 11 is 6.15. The van der Waals surface area contributed by atoms with Crippen LogP contribution < -0.4 is 14.4 Å². The predicted molar refractivity (Wildman–Crippen MR) is 131 cm³/mol. The van der Waals surface area contributed by atoms with Gasteiger partial charge in [-0.25, -0.2) is 4.79 Å². The second-order valence-electron chi connectivity index (χ2n) is 7.80. The fourth-order valence-electron chi connectivity index (χ4n) is 4.24. The molecule has 0 N–H and O–H groups in total. The SMILES string of the molecule is CCOc1cc2c(cc1OCC)C(c1ccc(Cl)cc1)N(c1ccc(C(=O)OC)cc1)C(=O)C2. The fourth-order valence-corrected chi connectivity index (χ4v) is 4.36. The maximum atomic E-state index is 13.5. The van der Waals surface area contributed by atoms with Gasteiger partial charge in [0.2, 0.25) is 5.91 Å². The molecule has 1 aliphatic rings. The van der Waals surface area contributed by atoms with Gasteiger partial charge in [-0.1, -0.05) is 23.7 Å². The predicted octanol–water partition coefficient (Wildman–Crippen LogP) is 5.60. The van der Waals surface area contributed by atoms with E-state index in [4.69, 9.17) is 25.8 Å². The first-order chi connectivity index (χ1) is 16.5. The van der Waals surface area contributed by atoms with Crippen molar-refractivity contribution in [2.75, 3.05) is 25.2 Å². The van der Waals surface area contributed by atoms with E-state index in [1.807, 2.05) is 50.2 Å². The van der Waals surface area contributed by atoms with E-state index in [1.54, 1.807) is 29.2 Å². The molecule has 0 bridgehead atoms. The molecule has 0 spiro atoms. The minimum absolute atomic E-state index is 0.0649. The molecular formula is C27H26ClNO5. The maximum absolute atomic E-state index is 13.5. The molecule has 3 aromatic rings. The second kappa shape index (κ2) is 10.2. The molecule has 0 saturated heterocycles. The minimum atomic E-state index is -0.430. The maximum Gasteiger partial charge on any atom is 0.337 e. The monoisotopic (exact) mass is 479 g/mol. The van der Waals surface area contributed by atoms with Gasteiger partial charge in [0, 0.05) is 10.7 Å². The number of hydrogen-bond acceptors (Lipinski definition) is 5. The van der Waals surface area contributed by atoms with Crippen molar-refractivity contribution in [2.24, 2.45) is 0 Å². The van der Waals surface area contributed by atoms with E-state index in [9.17, 15) is 9.59 Å². The number of nitrogens with zero attached hydrogens (tertiary/aromatic N) is 1. The van der Waals surface area contributed by atoms with Gasteiger partial charge in [-0.3, -0.25) is 4.79 Å². The number of anilines is 1. The van der Waals surface area contributed by atoms with E-state index in [-0.39, 0.29) is 12.3 Å². The summed E-state index contributed by atoms with van der Waals surface area (Å²) in [6.07, 6.45) is 0.213. The summed E-state index contributed by atoms with van der Waals surface area (Å²) in [7, 11) is 1.34. The average Bonchev–Trinajstić information content (AvgIpc) is 2.84. The van der Waals surface area contributed by atoms with Crippen molar-refractivity contribution >= 4 is 29.2 Å². The number of halogens is 1. The van der Waals surface area contributed by atoms with Crippen molar-refractivity contribution in [3.63, 3.8) is 0 Å². The Morgan fingerprint density at radius 2 is 1.59 bits per heavy atom. The van der Waals surface area contributed by atoms with Crippen LogP contribution in [0, 0.1) is 0 Å². The van der Waals surface area contributed by atoms with Crippen LogP contribution in [0.3, 0.4) is 0 Å². The molecule has 1 amide bonds. The zero-order valence-corrected chi connectivity index (χ0v) is 20.1. The highest BCUT2D eigenvalue weighted by Gasteiger charge is 2.36. The smallest absolute Gasteiger partial charge is 0.337 e. The van der Waals surface area contributed by atoms with Crippen molar-refractivity contribution in [3.8, 4) is 11.5 Å². The number of fused-ring (bicyclic) bond motifs is 1.